The first-order valence-electron chi connectivity index (χ1n) is 9.22. The molecule has 2 aliphatic heterocycles. The summed E-state index contributed by atoms with van der Waals surface area (Å²) in [5.41, 5.74) is 3.19. The zero-order chi connectivity index (χ0) is 18.5. The van der Waals surface area contributed by atoms with Crippen molar-refractivity contribution >= 4 is 17.4 Å². The molecule has 2 aromatic rings. The van der Waals surface area contributed by atoms with Crippen molar-refractivity contribution in [2.75, 3.05) is 50.0 Å². The fourth-order valence-electron chi connectivity index (χ4n) is 3.50. The van der Waals surface area contributed by atoms with Crippen LogP contribution >= 0.6 is 11.8 Å². The van der Waals surface area contributed by atoms with Crippen molar-refractivity contribution in [3.8, 4) is 11.8 Å². The number of thioether (sulfide) groups is 1. The number of rotatable bonds is 5. The summed E-state index contributed by atoms with van der Waals surface area (Å²) in [4.78, 5) is 19.7. The summed E-state index contributed by atoms with van der Waals surface area (Å²) in [6.07, 6.45) is 2.64. The van der Waals surface area contributed by atoms with Crippen LogP contribution in [0.3, 0.4) is 0 Å². The van der Waals surface area contributed by atoms with E-state index in [1.165, 1.54) is 11.3 Å². The van der Waals surface area contributed by atoms with Crippen LogP contribution in [0.5, 0.6) is 5.75 Å². The van der Waals surface area contributed by atoms with E-state index in [0.717, 1.165) is 55.7 Å². The first-order chi connectivity index (χ1) is 13.3. The highest BCUT2D eigenvalue weighted by Crippen LogP contribution is 2.33. The normalized spacial score (nSPS) is 17.1. The van der Waals surface area contributed by atoms with Gasteiger partial charge in [0.2, 0.25) is 0 Å². The smallest absolute Gasteiger partial charge is 0.170 e. The van der Waals surface area contributed by atoms with Gasteiger partial charge in [0, 0.05) is 62.3 Å². The number of nitrogens with zero attached hydrogens (tertiary/aromatic N) is 4. The van der Waals surface area contributed by atoms with Gasteiger partial charge in [-0.1, -0.05) is 6.07 Å². The molecule has 0 amide bonds. The van der Waals surface area contributed by atoms with Crippen LogP contribution < -0.4 is 9.79 Å². The molecule has 2 aliphatic rings. The molecule has 1 saturated heterocycles. The SMILES string of the molecule is N#Cc1cccnc1SCCN1CCN(c2cccc3c2CCOO3)CC1. The molecule has 0 radical (unpaired) electrons. The zero-order valence-corrected chi connectivity index (χ0v) is 16.0. The van der Waals surface area contributed by atoms with E-state index < -0.39 is 0 Å². The Bertz CT molecular complexity index is 831. The molecule has 0 spiro atoms. The Kier molecular flexibility index (Phi) is 5.78. The lowest BCUT2D eigenvalue weighted by atomic mass is 10.1. The molecular formula is C20H22N4O2S. The number of piperazine rings is 1. The van der Waals surface area contributed by atoms with Crippen LogP contribution in [0, 0.1) is 11.3 Å². The van der Waals surface area contributed by atoms with E-state index in [1.54, 1.807) is 24.0 Å². The first kappa shape index (κ1) is 18.1. The quantitative estimate of drug-likeness (QED) is 0.582. The van der Waals surface area contributed by atoms with Gasteiger partial charge in [0.1, 0.15) is 11.1 Å². The Morgan fingerprint density at radius 2 is 2.04 bits per heavy atom. The topological polar surface area (TPSA) is 61.6 Å². The highest BCUT2D eigenvalue weighted by atomic mass is 32.2. The van der Waals surface area contributed by atoms with Gasteiger partial charge >= 0.3 is 0 Å². The van der Waals surface area contributed by atoms with E-state index in [4.69, 9.17) is 15.0 Å². The lowest BCUT2D eigenvalue weighted by molar-refractivity contribution is -0.215. The molecule has 0 unspecified atom stereocenters. The maximum atomic E-state index is 9.15. The van der Waals surface area contributed by atoms with E-state index in [1.807, 2.05) is 18.2 Å². The van der Waals surface area contributed by atoms with E-state index in [9.17, 15) is 0 Å². The van der Waals surface area contributed by atoms with E-state index in [-0.39, 0.29) is 0 Å². The summed E-state index contributed by atoms with van der Waals surface area (Å²) in [6.45, 7) is 5.71. The van der Waals surface area contributed by atoms with Crippen molar-refractivity contribution in [3.63, 3.8) is 0 Å². The molecule has 0 bridgehead atoms. The minimum atomic E-state index is 0.611. The Hall–Kier alpha value is -2.27. The number of hydrogen-bond acceptors (Lipinski definition) is 7. The highest BCUT2D eigenvalue weighted by molar-refractivity contribution is 7.99. The molecule has 27 heavy (non-hydrogen) atoms. The number of benzene rings is 1. The number of fused-ring (bicyclic) bond motifs is 1. The molecule has 0 N–H and O–H groups in total. The van der Waals surface area contributed by atoms with E-state index in [0.29, 0.717) is 12.2 Å². The summed E-state index contributed by atoms with van der Waals surface area (Å²) in [7, 11) is 0. The van der Waals surface area contributed by atoms with E-state index in [2.05, 4.69) is 26.9 Å². The minimum Gasteiger partial charge on any atom is -0.369 e. The summed E-state index contributed by atoms with van der Waals surface area (Å²) in [6, 6.07) is 12.0. The van der Waals surface area contributed by atoms with Crippen molar-refractivity contribution in [3.05, 3.63) is 47.7 Å². The lowest BCUT2D eigenvalue weighted by Crippen LogP contribution is -2.47. The second kappa shape index (κ2) is 8.61. The van der Waals surface area contributed by atoms with Gasteiger partial charge in [-0.05, 0) is 24.3 Å². The monoisotopic (exact) mass is 382 g/mol. The summed E-state index contributed by atoms with van der Waals surface area (Å²) in [5.74, 6) is 1.79. The van der Waals surface area contributed by atoms with Crippen molar-refractivity contribution in [2.45, 2.75) is 11.4 Å². The average Bonchev–Trinajstić information content (AvgIpc) is 2.74. The third-order valence-corrected chi connectivity index (χ3v) is 5.93. The summed E-state index contributed by atoms with van der Waals surface area (Å²) < 4.78 is 0. The Morgan fingerprint density at radius 3 is 2.89 bits per heavy atom. The highest BCUT2D eigenvalue weighted by Gasteiger charge is 2.22. The fraction of sp³-hybridized carbons (Fsp3) is 0.400. The van der Waals surface area contributed by atoms with Crippen LogP contribution in [-0.4, -0.2) is 55.0 Å². The fourth-order valence-corrected chi connectivity index (χ4v) is 4.45. The van der Waals surface area contributed by atoms with Gasteiger partial charge in [0.15, 0.2) is 5.75 Å². The Morgan fingerprint density at radius 1 is 1.15 bits per heavy atom. The van der Waals surface area contributed by atoms with Crippen LogP contribution in [0.2, 0.25) is 0 Å². The number of nitriles is 1. The largest absolute Gasteiger partial charge is 0.369 e. The molecule has 3 heterocycles. The molecule has 1 aromatic heterocycles. The Labute approximate surface area is 163 Å². The molecule has 0 atom stereocenters. The van der Waals surface area contributed by atoms with Gasteiger partial charge in [-0.3, -0.25) is 4.90 Å². The first-order valence-corrected chi connectivity index (χ1v) is 10.2. The maximum absolute atomic E-state index is 9.15. The zero-order valence-electron chi connectivity index (χ0n) is 15.1. The van der Waals surface area contributed by atoms with Crippen molar-refractivity contribution in [1.82, 2.24) is 9.88 Å². The number of aromatic nitrogens is 1. The van der Waals surface area contributed by atoms with Crippen LogP contribution in [-0.2, 0) is 11.3 Å². The van der Waals surface area contributed by atoms with Crippen LogP contribution in [0.25, 0.3) is 0 Å². The van der Waals surface area contributed by atoms with Gasteiger partial charge in [-0.2, -0.15) is 10.1 Å². The van der Waals surface area contributed by atoms with Crippen LogP contribution in [0.15, 0.2) is 41.6 Å². The molecule has 7 heteroatoms. The molecule has 1 aromatic carbocycles. The summed E-state index contributed by atoms with van der Waals surface area (Å²) in [5, 5.41) is 9.98. The van der Waals surface area contributed by atoms with Gasteiger partial charge in [-0.25, -0.2) is 4.98 Å². The number of anilines is 1. The molecule has 0 saturated carbocycles. The molecule has 140 valence electrons. The molecule has 1 fully saturated rings. The lowest BCUT2D eigenvalue weighted by Gasteiger charge is -2.37. The predicted octanol–water partition coefficient (Wildman–Crippen LogP) is 2.73. The van der Waals surface area contributed by atoms with E-state index >= 15 is 0 Å². The molecule has 6 nitrogen and oxygen atoms in total. The second-order valence-corrected chi connectivity index (χ2v) is 7.64. The van der Waals surface area contributed by atoms with Crippen molar-refractivity contribution < 1.29 is 9.78 Å². The van der Waals surface area contributed by atoms with Crippen molar-refractivity contribution in [2.24, 2.45) is 0 Å². The van der Waals surface area contributed by atoms with Crippen LogP contribution in [0.4, 0.5) is 5.69 Å². The Balaban J connectivity index is 1.29. The molecular weight excluding hydrogens is 360 g/mol. The number of pyridine rings is 1. The van der Waals surface area contributed by atoms with Crippen LogP contribution in [0.1, 0.15) is 11.1 Å². The van der Waals surface area contributed by atoms with Crippen molar-refractivity contribution in [1.29, 1.82) is 5.26 Å². The summed E-state index contributed by atoms with van der Waals surface area (Å²) >= 11 is 1.66. The van der Waals surface area contributed by atoms with Gasteiger partial charge in [0.25, 0.3) is 0 Å². The molecule has 4 rings (SSSR count). The van der Waals surface area contributed by atoms with Gasteiger partial charge < -0.3 is 9.79 Å². The standard InChI is InChI=1S/C20H22N4O2S/c21-15-16-3-2-7-22-20(16)27-14-12-23-8-10-24(11-9-23)18-4-1-5-19-17(18)6-13-25-26-19/h1-5,7H,6,8-14H2. The van der Waals surface area contributed by atoms with Gasteiger partial charge in [-0.15, -0.1) is 11.8 Å². The average molecular weight is 382 g/mol. The van der Waals surface area contributed by atoms with Gasteiger partial charge in [0.05, 0.1) is 12.2 Å². The molecule has 0 aliphatic carbocycles. The minimum absolute atomic E-state index is 0.611. The predicted molar refractivity (Wildman–Crippen MR) is 105 cm³/mol. The third-order valence-electron chi connectivity index (χ3n) is 4.94. The third kappa shape index (κ3) is 4.19. The maximum Gasteiger partial charge on any atom is 0.170 e. The second-order valence-electron chi connectivity index (χ2n) is 6.55. The number of hydrogen-bond donors (Lipinski definition) is 0.